The van der Waals surface area contributed by atoms with Crippen LogP contribution in [0, 0.1) is 5.92 Å². The lowest BCUT2D eigenvalue weighted by Gasteiger charge is -2.44. The molecule has 0 aromatic carbocycles. The van der Waals surface area contributed by atoms with E-state index < -0.39 is 0 Å². The molecule has 2 aliphatic heterocycles. The third-order valence-electron chi connectivity index (χ3n) is 5.67. The van der Waals surface area contributed by atoms with Crippen LogP contribution in [0.25, 0.3) is 0 Å². The van der Waals surface area contributed by atoms with Gasteiger partial charge >= 0.3 is 0 Å². The monoisotopic (exact) mass is 280 g/mol. The van der Waals surface area contributed by atoms with Gasteiger partial charge in [-0.2, -0.15) is 0 Å². The van der Waals surface area contributed by atoms with E-state index in [1.807, 2.05) is 0 Å². The molecular formula is C17H32N2O. The predicted molar refractivity (Wildman–Crippen MR) is 83.0 cm³/mol. The molecule has 3 unspecified atom stereocenters. The minimum Gasteiger partial charge on any atom is -0.375 e. The first-order valence-electron chi connectivity index (χ1n) is 8.80. The smallest absolute Gasteiger partial charge is 0.0666 e. The van der Waals surface area contributed by atoms with E-state index in [0.29, 0.717) is 0 Å². The van der Waals surface area contributed by atoms with Crippen molar-refractivity contribution in [2.24, 2.45) is 5.92 Å². The van der Waals surface area contributed by atoms with Gasteiger partial charge in [0.25, 0.3) is 0 Å². The van der Waals surface area contributed by atoms with E-state index in [4.69, 9.17) is 4.74 Å². The van der Waals surface area contributed by atoms with Gasteiger partial charge in [0.05, 0.1) is 5.60 Å². The third-order valence-corrected chi connectivity index (χ3v) is 5.67. The Morgan fingerprint density at radius 2 is 2.05 bits per heavy atom. The van der Waals surface area contributed by atoms with Crippen LogP contribution in [0.15, 0.2) is 0 Å². The van der Waals surface area contributed by atoms with Crippen LogP contribution in [0.5, 0.6) is 0 Å². The van der Waals surface area contributed by atoms with Gasteiger partial charge in [0, 0.05) is 25.2 Å². The molecule has 2 saturated heterocycles. The van der Waals surface area contributed by atoms with Crippen LogP contribution in [0.3, 0.4) is 0 Å². The first-order valence-corrected chi connectivity index (χ1v) is 8.80. The average Bonchev–Trinajstić information content (AvgIpc) is 3.30. The molecule has 2 heterocycles. The van der Waals surface area contributed by atoms with Crippen molar-refractivity contribution in [3.05, 3.63) is 0 Å². The highest BCUT2D eigenvalue weighted by Crippen LogP contribution is 2.37. The Morgan fingerprint density at radius 1 is 1.20 bits per heavy atom. The maximum Gasteiger partial charge on any atom is 0.0666 e. The highest BCUT2D eigenvalue weighted by atomic mass is 16.5. The molecule has 0 amide bonds. The van der Waals surface area contributed by atoms with Crippen LogP contribution in [0.1, 0.15) is 58.8 Å². The standard InChI is InChI=1S/C17H32N2O/c1-3-17(2)11-16(8-10-20-17)19(15-6-7-15)13-14-5-4-9-18-12-14/h14-16,18H,3-13H2,1-2H3. The van der Waals surface area contributed by atoms with Crippen LogP contribution in [-0.2, 0) is 4.74 Å². The average molecular weight is 280 g/mol. The van der Waals surface area contributed by atoms with Crippen molar-refractivity contribution >= 4 is 0 Å². The molecule has 20 heavy (non-hydrogen) atoms. The van der Waals surface area contributed by atoms with Crippen molar-refractivity contribution in [2.75, 3.05) is 26.2 Å². The molecule has 0 bridgehead atoms. The quantitative estimate of drug-likeness (QED) is 0.838. The van der Waals surface area contributed by atoms with Crippen molar-refractivity contribution in [2.45, 2.75) is 76.5 Å². The minimum absolute atomic E-state index is 0.126. The second-order valence-corrected chi connectivity index (χ2v) is 7.44. The van der Waals surface area contributed by atoms with Crippen LogP contribution in [0.2, 0.25) is 0 Å². The second-order valence-electron chi connectivity index (χ2n) is 7.44. The molecule has 3 fully saturated rings. The van der Waals surface area contributed by atoms with Gasteiger partial charge in [-0.15, -0.1) is 0 Å². The normalized spacial score (nSPS) is 39.1. The number of hydrogen-bond donors (Lipinski definition) is 1. The molecule has 116 valence electrons. The van der Waals surface area contributed by atoms with Gasteiger partial charge in [0.1, 0.15) is 0 Å². The largest absolute Gasteiger partial charge is 0.375 e. The summed E-state index contributed by atoms with van der Waals surface area (Å²) in [4.78, 5) is 2.87. The Bertz CT molecular complexity index is 312. The zero-order chi connectivity index (χ0) is 14.0. The van der Waals surface area contributed by atoms with Crippen molar-refractivity contribution in [3.8, 4) is 0 Å². The predicted octanol–water partition coefficient (Wildman–Crippen LogP) is 2.80. The summed E-state index contributed by atoms with van der Waals surface area (Å²) in [6.07, 6.45) is 9.27. The number of piperidine rings is 1. The van der Waals surface area contributed by atoms with Gasteiger partial charge in [-0.1, -0.05) is 6.92 Å². The van der Waals surface area contributed by atoms with Gasteiger partial charge in [-0.25, -0.2) is 0 Å². The molecule has 3 nitrogen and oxygen atoms in total. The minimum atomic E-state index is 0.126. The van der Waals surface area contributed by atoms with Crippen molar-refractivity contribution in [1.29, 1.82) is 0 Å². The maximum absolute atomic E-state index is 6.05. The molecule has 1 N–H and O–H groups in total. The molecule has 3 aliphatic rings. The lowest BCUT2D eigenvalue weighted by atomic mass is 9.88. The van der Waals surface area contributed by atoms with Crippen molar-refractivity contribution in [1.82, 2.24) is 10.2 Å². The summed E-state index contributed by atoms with van der Waals surface area (Å²) < 4.78 is 6.05. The molecule has 0 aromatic heterocycles. The van der Waals surface area contributed by atoms with Crippen molar-refractivity contribution in [3.63, 3.8) is 0 Å². The summed E-state index contributed by atoms with van der Waals surface area (Å²) in [6.45, 7) is 9.33. The highest BCUT2D eigenvalue weighted by Gasteiger charge is 2.40. The molecule has 1 saturated carbocycles. The Morgan fingerprint density at radius 3 is 2.70 bits per heavy atom. The summed E-state index contributed by atoms with van der Waals surface area (Å²) in [7, 11) is 0. The van der Waals surface area contributed by atoms with Crippen LogP contribution in [-0.4, -0.2) is 48.8 Å². The molecule has 0 radical (unpaired) electrons. The number of ether oxygens (including phenoxy) is 1. The fraction of sp³-hybridized carbons (Fsp3) is 1.00. The van der Waals surface area contributed by atoms with Gasteiger partial charge in [-0.05, 0) is 70.9 Å². The summed E-state index contributed by atoms with van der Waals surface area (Å²) in [5.74, 6) is 0.875. The van der Waals surface area contributed by atoms with Gasteiger partial charge in [0.15, 0.2) is 0 Å². The number of hydrogen-bond acceptors (Lipinski definition) is 3. The molecule has 3 rings (SSSR count). The zero-order valence-corrected chi connectivity index (χ0v) is 13.4. The number of nitrogens with one attached hydrogen (secondary N) is 1. The summed E-state index contributed by atoms with van der Waals surface area (Å²) in [6, 6.07) is 1.66. The number of nitrogens with zero attached hydrogens (tertiary/aromatic N) is 1. The SMILES string of the molecule is CCC1(C)CC(N(CC2CCCNC2)C2CC2)CCO1. The molecule has 0 spiro atoms. The van der Waals surface area contributed by atoms with Crippen LogP contribution >= 0.6 is 0 Å². The topological polar surface area (TPSA) is 24.5 Å². The van der Waals surface area contributed by atoms with E-state index in [0.717, 1.165) is 31.0 Å². The Balaban J connectivity index is 1.61. The fourth-order valence-corrected chi connectivity index (χ4v) is 4.01. The van der Waals surface area contributed by atoms with Gasteiger partial charge in [-0.3, -0.25) is 4.90 Å². The number of rotatable bonds is 5. The first-order chi connectivity index (χ1) is 9.70. The van der Waals surface area contributed by atoms with Gasteiger partial charge in [0.2, 0.25) is 0 Å². The fourth-order valence-electron chi connectivity index (χ4n) is 4.01. The van der Waals surface area contributed by atoms with E-state index in [1.165, 1.54) is 58.2 Å². The Labute approximate surface area is 124 Å². The lowest BCUT2D eigenvalue weighted by Crippen LogP contribution is -2.50. The van der Waals surface area contributed by atoms with Crippen LogP contribution < -0.4 is 5.32 Å². The van der Waals surface area contributed by atoms with E-state index in [-0.39, 0.29) is 5.60 Å². The third kappa shape index (κ3) is 3.55. The summed E-state index contributed by atoms with van der Waals surface area (Å²) in [5, 5.41) is 3.58. The molecule has 3 heteroatoms. The van der Waals surface area contributed by atoms with E-state index in [2.05, 4.69) is 24.1 Å². The molecule has 3 atom stereocenters. The maximum atomic E-state index is 6.05. The Hall–Kier alpha value is -0.120. The summed E-state index contributed by atoms with van der Waals surface area (Å²) in [5.41, 5.74) is 0.126. The molecule has 1 aliphatic carbocycles. The highest BCUT2D eigenvalue weighted by molar-refractivity contribution is 4.95. The van der Waals surface area contributed by atoms with E-state index in [9.17, 15) is 0 Å². The lowest BCUT2D eigenvalue weighted by molar-refractivity contribution is -0.0994. The van der Waals surface area contributed by atoms with Crippen LogP contribution in [0.4, 0.5) is 0 Å². The van der Waals surface area contributed by atoms with Gasteiger partial charge < -0.3 is 10.1 Å². The molecule has 0 aromatic rings. The van der Waals surface area contributed by atoms with E-state index >= 15 is 0 Å². The van der Waals surface area contributed by atoms with Crippen molar-refractivity contribution < 1.29 is 4.74 Å². The van der Waals surface area contributed by atoms with E-state index in [1.54, 1.807) is 0 Å². The zero-order valence-electron chi connectivity index (χ0n) is 13.4. The molecular weight excluding hydrogens is 248 g/mol. The first kappa shape index (κ1) is 14.8. The second kappa shape index (κ2) is 6.33. The summed E-state index contributed by atoms with van der Waals surface area (Å²) >= 11 is 0. The Kier molecular flexibility index (Phi) is 4.68.